The zero-order chi connectivity index (χ0) is 21.2. The zero-order valence-electron chi connectivity index (χ0n) is 14.5. The molecule has 1 aromatic carbocycles. The number of halogens is 5. The molecule has 1 aromatic heterocycles. The molecule has 0 radical (unpaired) electrons. The molecule has 1 heterocycles. The van der Waals surface area contributed by atoms with E-state index in [1.54, 1.807) is 6.92 Å². The van der Waals surface area contributed by atoms with E-state index in [1.807, 2.05) is 0 Å². The van der Waals surface area contributed by atoms with Crippen molar-refractivity contribution >= 4 is 35.1 Å². The van der Waals surface area contributed by atoms with Crippen LogP contribution in [0.3, 0.4) is 0 Å². The number of aldehydes is 1. The van der Waals surface area contributed by atoms with Crippen molar-refractivity contribution in [3.63, 3.8) is 0 Å². The molecule has 0 aliphatic carbocycles. The van der Waals surface area contributed by atoms with Crippen LogP contribution in [-0.4, -0.2) is 22.0 Å². The van der Waals surface area contributed by atoms with E-state index in [0.29, 0.717) is 21.5 Å². The molecule has 0 amide bonds. The van der Waals surface area contributed by atoms with E-state index in [0.717, 1.165) is 7.05 Å². The number of carbonyl (C=O) groups is 1. The molecule has 6 nitrogen and oxygen atoms in total. The molecule has 11 heteroatoms. The molecule has 0 saturated carbocycles. The van der Waals surface area contributed by atoms with Gasteiger partial charge in [-0.3, -0.25) is 14.2 Å². The molecule has 0 atom stereocenters. The molecule has 2 rings (SSSR count). The lowest BCUT2D eigenvalue weighted by molar-refractivity contribution is -0.144. The first-order chi connectivity index (χ1) is 13.0. The van der Waals surface area contributed by atoms with E-state index in [4.69, 9.17) is 27.9 Å². The van der Waals surface area contributed by atoms with Crippen LogP contribution < -0.4 is 11.2 Å². The van der Waals surface area contributed by atoms with E-state index in [1.165, 1.54) is 18.2 Å². The largest absolute Gasteiger partial charge is 0.483 e. The maximum Gasteiger partial charge on any atom is 0.431 e. The minimum absolute atomic E-state index is 0.0430. The number of benzene rings is 1. The van der Waals surface area contributed by atoms with Crippen LogP contribution in [0.5, 0.6) is 0 Å². The Morgan fingerprint density at radius 1 is 1.25 bits per heavy atom. The summed E-state index contributed by atoms with van der Waals surface area (Å²) < 4.78 is 44.8. The van der Waals surface area contributed by atoms with Crippen molar-refractivity contribution in [1.29, 1.82) is 0 Å². The fourth-order valence-corrected chi connectivity index (χ4v) is 2.89. The molecule has 0 fully saturated rings. The fraction of sp³-hybridized carbons (Fsp3) is 0.235. The summed E-state index contributed by atoms with van der Waals surface area (Å²) in [4.78, 5) is 36.0. The monoisotopic (exact) mass is 436 g/mol. The average molecular weight is 437 g/mol. The van der Waals surface area contributed by atoms with Gasteiger partial charge in [-0.15, -0.1) is 0 Å². The minimum Gasteiger partial charge on any atom is -0.483 e. The van der Waals surface area contributed by atoms with E-state index in [-0.39, 0.29) is 33.7 Å². The second-order valence-corrected chi connectivity index (χ2v) is 6.20. The number of hydrogen-bond acceptors (Lipinski definition) is 4. The van der Waals surface area contributed by atoms with Crippen LogP contribution in [-0.2, 0) is 22.8 Å². The highest BCUT2D eigenvalue weighted by Crippen LogP contribution is 2.30. The quantitative estimate of drug-likeness (QED) is 0.409. The molecule has 0 unspecified atom stereocenters. The number of nitrogens with zero attached hydrogens (tertiary/aromatic N) is 2. The maximum absolute atomic E-state index is 13.0. The first-order valence-corrected chi connectivity index (χ1v) is 8.46. The van der Waals surface area contributed by atoms with Crippen molar-refractivity contribution in [3.8, 4) is 5.69 Å². The van der Waals surface area contributed by atoms with Gasteiger partial charge in [-0.25, -0.2) is 9.36 Å². The van der Waals surface area contributed by atoms with Crippen LogP contribution in [0.25, 0.3) is 11.3 Å². The Hall–Kier alpha value is -2.52. The molecule has 28 heavy (non-hydrogen) atoms. The molecule has 0 aliphatic rings. The van der Waals surface area contributed by atoms with Crippen molar-refractivity contribution in [2.24, 2.45) is 7.05 Å². The predicted molar refractivity (Wildman–Crippen MR) is 97.8 cm³/mol. The molecule has 150 valence electrons. The summed E-state index contributed by atoms with van der Waals surface area (Å²) in [6.07, 6.45) is -4.51. The smallest absolute Gasteiger partial charge is 0.431 e. The number of ether oxygens (including phenoxy) is 1. The molecule has 2 aromatic rings. The third-order valence-electron chi connectivity index (χ3n) is 3.71. The second kappa shape index (κ2) is 8.24. The number of alkyl halides is 3. The Kier molecular flexibility index (Phi) is 6.41. The summed E-state index contributed by atoms with van der Waals surface area (Å²) in [7, 11) is 0.890. The summed E-state index contributed by atoms with van der Waals surface area (Å²) in [5.74, 6) is 0. The number of allylic oxidation sites excluding steroid dienone is 1. The number of aromatic nitrogens is 2. The van der Waals surface area contributed by atoms with Gasteiger partial charge in [0.25, 0.3) is 5.56 Å². The first-order valence-electron chi connectivity index (χ1n) is 7.71. The number of hydrogen-bond donors (Lipinski definition) is 0. The van der Waals surface area contributed by atoms with Gasteiger partial charge in [0.15, 0.2) is 11.5 Å². The summed E-state index contributed by atoms with van der Waals surface area (Å²) in [6.45, 7) is 1.79. The van der Waals surface area contributed by atoms with Gasteiger partial charge in [0, 0.05) is 23.7 Å². The van der Waals surface area contributed by atoms with Crippen molar-refractivity contribution in [1.82, 2.24) is 9.13 Å². The summed E-state index contributed by atoms with van der Waals surface area (Å²) in [5, 5.41) is -0.204. The standard InChI is InChI=1S/C17H13Cl2F3N2O4/c1-3-28-15(19)11(8-25)10-6-9(4-5-12(10)18)24-14(26)7-13(17(20,21)22)23(2)16(24)27/h4-8H,3H2,1-2H3. The predicted octanol–water partition coefficient (Wildman–Crippen LogP) is 3.35. The van der Waals surface area contributed by atoms with Gasteiger partial charge in [-0.1, -0.05) is 11.6 Å². The molecule has 0 aliphatic heterocycles. The van der Waals surface area contributed by atoms with Crippen LogP contribution in [0.15, 0.2) is 39.1 Å². The van der Waals surface area contributed by atoms with Gasteiger partial charge in [0.2, 0.25) is 0 Å². The van der Waals surface area contributed by atoms with Crippen molar-refractivity contribution < 1.29 is 22.7 Å². The lowest BCUT2D eigenvalue weighted by Crippen LogP contribution is -2.40. The summed E-state index contributed by atoms with van der Waals surface area (Å²) in [6, 6.07) is 4.01. The van der Waals surface area contributed by atoms with Crippen LogP contribution in [0, 0.1) is 0 Å². The van der Waals surface area contributed by atoms with Gasteiger partial charge >= 0.3 is 11.9 Å². The molecular formula is C17H13Cl2F3N2O4. The lowest BCUT2D eigenvalue weighted by atomic mass is 10.1. The van der Waals surface area contributed by atoms with Crippen LogP contribution in [0.1, 0.15) is 18.2 Å². The van der Waals surface area contributed by atoms with Gasteiger partial charge in [-0.2, -0.15) is 13.2 Å². The zero-order valence-corrected chi connectivity index (χ0v) is 16.0. The number of rotatable bonds is 5. The molecule has 0 saturated heterocycles. The Morgan fingerprint density at radius 2 is 1.89 bits per heavy atom. The van der Waals surface area contributed by atoms with Crippen LogP contribution >= 0.6 is 23.2 Å². The van der Waals surface area contributed by atoms with E-state index in [2.05, 4.69) is 0 Å². The van der Waals surface area contributed by atoms with Gasteiger partial charge < -0.3 is 4.74 Å². The molecule has 0 bridgehead atoms. The van der Waals surface area contributed by atoms with E-state index < -0.39 is 23.1 Å². The normalized spacial score (nSPS) is 12.5. The Morgan fingerprint density at radius 3 is 2.43 bits per heavy atom. The van der Waals surface area contributed by atoms with Gasteiger partial charge in [0.1, 0.15) is 5.69 Å². The van der Waals surface area contributed by atoms with Gasteiger partial charge in [0.05, 0.1) is 17.9 Å². The third-order valence-corrected chi connectivity index (χ3v) is 4.35. The van der Waals surface area contributed by atoms with Crippen LogP contribution in [0.2, 0.25) is 5.02 Å². The third kappa shape index (κ3) is 4.15. The highest BCUT2D eigenvalue weighted by Gasteiger charge is 2.35. The molecule has 0 spiro atoms. The molecule has 0 N–H and O–H groups in total. The SMILES string of the molecule is CCOC(Cl)=C(C=O)c1cc(-n2c(=O)cc(C(F)(F)F)n(C)c2=O)ccc1Cl. The number of carbonyl (C=O) groups excluding carboxylic acids is 1. The van der Waals surface area contributed by atoms with Crippen molar-refractivity contribution in [2.75, 3.05) is 6.61 Å². The summed E-state index contributed by atoms with van der Waals surface area (Å²) >= 11 is 12.0. The first kappa shape index (κ1) is 21.8. The minimum atomic E-state index is -4.88. The average Bonchev–Trinajstić information content (AvgIpc) is 2.60. The van der Waals surface area contributed by atoms with E-state index >= 15 is 0 Å². The summed E-state index contributed by atoms with van der Waals surface area (Å²) in [5.41, 5.74) is -4.01. The highest BCUT2D eigenvalue weighted by atomic mass is 35.5. The second-order valence-electron chi connectivity index (χ2n) is 5.44. The van der Waals surface area contributed by atoms with Crippen molar-refractivity contribution in [3.05, 3.63) is 66.6 Å². The van der Waals surface area contributed by atoms with Crippen molar-refractivity contribution in [2.45, 2.75) is 13.1 Å². The fourth-order valence-electron chi connectivity index (χ4n) is 2.41. The topological polar surface area (TPSA) is 70.3 Å². The Labute approximate surface area is 166 Å². The lowest BCUT2D eigenvalue weighted by Gasteiger charge is -2.15. The van der Waals surface area contributed by atoms with E-state index in [9.17, 15) is 27.6 Å². The molecular weight excluding hydrogens is 424 g/mol. The van der Waals surface area contributed by atoms with Crippen LogP contribution in [0.4, 0.5) is 13.2 Å². The van der Waals surface area contributed by atoms with Gasteiger partial charge in [-0.05, 0) is 36.7 Å². The Balaban J connectivity index is 2.78. The highest BCUT2D eigenvalue weighted by molar-refractivity contribution is 6.38. The Bertz CT molecular complexity index is 1070. The maximum atomic E-state index is 13.0.